The Morgan fingerprint density at radius 3 is 2.54 bits per heavy atom. The van der Waals surface area contributed by atoms with Gasteiger partial charge in [0.15, 0.2) is 0 Å². The van der Waals surface area contributed by atoms with E-state index >= 15 is 0 Å². The number of hydrogen-bond donors (Lipinski definition) is 1. The topological polar surface area (TPSA) is 46.9 Å². The summed E-state index contributed by atoms with van der Waals surface area (Å²) in [4.78, 5) is 12.8. The summed E-state index contributed by atoms with van der Waals surface area (Å²) in [7, 11) is 1.90. The standard InChI is InChI=1S/C19H24ClN3O/c1-4-19(5-2,14-6-8-15(20)9-7-14)22-18(24)17-10-16(17)13-11-21-23(3)12-13/h6-9,11-12,16-17H,4-5,10H2,1-3H3,(H,22,24)/t16-,17-/m0/s1. The number of carbonyl (C=O) groups excluding carboxylic acids is 1. The maximum Gasteiger partial charge on any atom is 0.224 e. The molecule has 1 saturated carbocycles. The van der Waals surface area contributed by atoms with Crippen LogP contribution in [0.15, 0.2) is 36.7 Å². The summed E-state index contributed by atoms with van der Waals surface area (Å²) >= 11 is 6.01. The summed E-state index contributed by atoms with van der Waals surface area (Å²) in [5.41, 5.74) is 1.94. The third-order valence-corrected chi connectivity index (χ3v) is 5.50. The zero-order chi connectivity index (χ0) is 17.3. The Kier molecular flexibility index (Phi) is 4.68. The summed E-state index contributed by atoms with van der Waals surface area (Å²) in [6.07, 6.45) is 6.47. The molecule has 1 amide bonds. The van der Waals surface area contributed by atoms with E-state index in [4.69, 9.17) is 11.6 Å². The number of amides is 1. The van der Waals surface area contributed by atoms with Crippen LogP contribution in [0.3, 0.4) is 0 Å². The van der Waals surface area contributed by atoms with Gasteiger partial charge in [0.1, 0.15) is 0 Å². The van der Waals surface area contributed by atoms with Gasteiger partial charge in [-0.1, -0.05) is 37.6 Å². The van der Waals surface area contributed by atoms with Crippen molar-refractivity contribution in [3.05, 3.63) is 52.8 Å². The fraction of sp³-hybridized carbons (Fsp3) is 0.474. The van der Waals surface area contributed by atoms with Gasteiger partial charge in [0, 0.05) is 24.2 Å². The number of aromatic nitrogens is 2. The second-order valence-corrected chi connectivity index (χ2v) is 7.12. The zero-order valence-electron chi connectivity index (χ0n) is 14.4. The van der Waals surface area contributed by atoms with Gasteiger partial charge < -0.3 is 5.32 Å². The first-order valence-electron chi connectivity index (χ1n) is 8.55. The molecule has 1 fully saturated rings. The van der Waals surface area contributed by atoms with Crippen LogP contribution in [0, 0.1) is 5.92 Å². The molecular formula is C19H24ClN3O. The molecular weight excluding hydrogens is 322 g/mol. The first-order valence-corrected chi connectivity index (χ1v) is 8.93. The largest absolute Gasteiger partial charge is 0.346 e. The summed E-state index contributed by atoms with van der Waals surface area (Å²) in [6, 6.07) is 7.81. The second-order valence-electron chi connectivity index (χ2n) is 6.68. The molecule has 3 rings (SSSR count). The highest BCUT2D eigenvalue weighted by molar-refractivity contribution is 6.30. The molecule has 0 saturated heterocycles. The fourth-order valence-corrected chi connectivity index (χ4v) is 3.62. The maximum atomic E-state index is 12.8. The van der Waals surface area contributed by atoms with Crippen molar-refractivity contribution in [2.45, 2.75) is 44.6 Å². The molecule has 128 valence electrons. The van der Waals surface area contributed by atoms with Gasteiger partial charge in [-0.25, -0.2) is 0 Å². The average Bonchev–Trinajstić information content (AvgIpc) is 3.28. The summed E-state index contributed by atoms with van der Waals surface area (Å²) in [5.74, 6) is 0.497. The Balaban J connectivity index is 1.74. The third kappa shape index (κ3) is 3.20. The van der Waals surface area contributed by atoms with E-state index in [2.05, 4.69) is 24.3 Å². The van der Waals surface area contributed by atoms with Crippen molar-refractivity contribution in [2.75, 3.05) is 0 Å². The molecule has 1 heterocycles. The van der Waals surface area contributed by atoms with Crippen molar-refractivity contribution in [1.82, 2.24) is 15.1 Å². The van der Waals surface area contributed by atoms with Crippen molar-refractivity contribution in [3.8, 4) is 0 Å². The van der Waals surface area contributed by atoms with Gasteiger partial charge in [-0.05, 0) is 48.4 Å². The predicted octanol–water partition coefficient (Wildman–Crippen LogP) is 4.01. The number of rotatable bonds is 6. The van der Waals surface area contributed by atoms with Crippen LogP contribution in [-0.4, -0.2) is 15.7 Å². The number of halogens is 1. The second kappa shape index (κ2) is 6.60. The smallest absolute Gasteiger partial charge is 0.224 e. The fourth-order valence-electron chi connectivity index (χ4n) is 3.49. The number of aryl methyl sites for hydroxylation is 1. The lowest BCUT2D eigenvalue weighted by molar-refractivity contribution is -0.124. The monoisotopic (exact) mass is 345 g/mol. The van der Waals surface area contributed by atoms with E-state index in [1.807, 2.05) is 43.7 Å². The SMILES string of the molecule is CCC(CC)(NC(=O)[C@H]1C[C@H]1c1cnn(C)c1)c1ccc(Cl)cc1. The number of carbonyl (C=O) groups is 1. The molecule has 2 aromatic rings. The van der Waals surface area contributed by atoms with Crippen molar-refractivity contribution in [2.24, 2.45) is 13.0 Å². The van der Waals surface area contributed by atoms with Crippen LogP contribution >= 0.6 is 11.6 Å². The predicted molar refractivity (Wildman–Crippen MR) is 95.9 cm³/mol. The van der Waals surface area contributed by atoms with Gasteiger partial charge in [-0.15, -0.1) is 0 Å². The molecule has 1 aromatic carbocycles. The van der Waals surface area contributed by atoms with E-state index in [1.54, 1.807) is 4.68 Å². The summed E-state index contributed by atoms with van der Waals surface area (Å²) in [5, 5.41) is 8.24. The van der Waals surface area contributed by atoms with Gasteiger partial charge in [0.25, 0.3) is 0 Å². The van der Waals surface area contributed by atoms with Gasteiger partial charge in [0.05, 0.1) is 11.7 Å². The lowest BCUT2D eigenvalue weighted by atomic mass is 9.84. The van der Waals surface area contributed by atoms with Crippen LogP contribution in [0.25, 0.3) is 0 Å². The maximum absolute atomic E-state index is 12.8. The number of nitrogens with one attached hydrogen (secondary N) is 1. The minimum Gasteiger partial charge on any atom is -0.346 e. The molecule has 1 N–H and O–H groups in total. The van der Waals surface area contributed by atoms with Crippen molar-refractivity contribution >= 4 is 17.5 Å². The number of hydrogen-bond acceptors (Lipinski definition) is 2. The van der Waals surface area contributed by atoms with Crippen LogP contribution < -0.4 is 5.32 Å². The van der Waals surface area contributed by atoms with E-state index in [0.717, 1.165) is 30.4 Å². The van der Waals surface area contributed by atoms with Gasteiger partial charge >= 0.3 is 0 Å². The Labute approximate surface area is 148 Å². The minimum absolute atomic E-state index is 0.0546. The molecule has 1 aliphatic rings. The summed E-state index contributed by atoms with van der Waals surface area (Å²) in [6.45, 7) is 4.23. The van der Waals surface area contributed by atoms with Gasteiger partial charge in [0.2, 0.25) is 5.91 Å². The molecule has 2 atom stereocenters. The van der Waals surface area contributed by atoms with E-state index in [9.17, 15) is 4.79 Å². The normalized spacial score (nSPS) is 20.0. The Morgan fingerprint density at radius 2 is 2.00 bits per heavy atom. The lowest BCUT2D eigenvalue weighted by Gasteiger charge is -2.34. The van der Waals surface area contributed by atoms with Gasteiger partial charge in [-0.3, -0.25) is 9.48 Å². The third-order valence-electron chi connectivity index (χ3n) is 5.25. The highest BCUT2D eigenvalue weighted by Gasteiger charge is 2.46. The van der Waals surface area contributed by atoms with E-state index in [0.29, 0.717) is 10.9 Å². The lowest BCUT2D eigenvalue weighted by Crippen LogP contribution is -2.45. The van der Waals surface area contributed by atoms with E-state index in [-0.39, 0.29) is 17.4 Å². The molecule has 0 spiro atoms. The molecule has 0 aliphatic heterocycles. The molecule has 24 heavy (non-hydrogen) atoms. The van der Waals surface area contributed by atoms with Crippen LogP contribution in [0.1, 0.15) is 50.2 Å². The van der Waals surface area contributed by atoms with Crippen molar-refractivity contribution < 1.29 is 4.79 Å². The van der Waals surface area contributed by atoms with Crippen LogP contribution in [0.4, 0.5) is 0 Å². The minimum atomic E-state index is -0.330. The quantitative estimate of drug-likeness (QED) is 0.859. The highest BCUT2D eigenvalue weighted by Crippen LogP contribution is 2.48. The van der Waals surface area contributed by atoms with E-state index < -0.39 is 0 Å². The van der Waals surface area contributed by atoms with Crippen LogP contribution in [0.2, 0.25) is 5.02 Å². The van der Waals surface area contributed by atoms with Crippen molar-refractivity contribution in [3.63, 3.8) is 0 Å². The Hall–Kier alpha value is -1.81. The Bertz CT molecular complexity index is 718. The number of nitrogens with zero attached hydrogens (tertiary/aromatic N) is 2. The molecule has 0 unspecified atom stereocenters. The molecule has 5 heteroatoms. The van der Waals surface area contributed by atoms with E-state index in [1.165, 1.54) is 0 Å². The summed E-state index contributed by atoms with van der Waals surface area (Å²) < 4.78 is 1.79. The molecule has 1 aliphatic carbocycles. The highest BCUT2D eigenvalue weighted by atomic mass is 35.5. The molecule has 4 nitrogen and oxygen atoms in total. The van der Waals surface area contributed by atoms with Crippen LogP contribution in [0.5, 0.6) is 0 Å². The molecule has 0 radical (unpaired) electrons. The number of benzene rings is 1. The molecule has 1 aromatic heterocycles. The van der Waals surface area contributed by atoms with Crippen LogP contribution in [-0.2, 0) is 17.4 Å². The average molecular weight is 346 g/mol. The first-order chi connectivity index (χ1) is 11.5. The van der Waals surface area contributed by atoms with Gasteiger partial charge in [-0.2, -0.15) is 5.10 Å². The zero-order valence-corrected chi connectivity index (χ0v) is 15.2. The van der Waals surface area contributed by atoms with Crippen molar-refractivity contribution in [1.29, 1.82) is 0 Å². The molecule has 0 bridgehead atoms. The first kappa shape index (κ1) is 17.0. The Morgan fingerprint density at radius 1 is 1.33 bits per heavy atom.